The van der Waals surface area contributed by atoms with Crippen LogP contribution in [-0.2, 0) is 17.8 Å². The molecule has 0 spiro atoms. The number of hydrogen-bond donors (Lipinski definition) is 1. The van der Waals surface area contributed by atoms with Crippen LogP contribution in [0.5, 0.6) is 0 Å². The van der Waals surface area contributed by atoms with Crippen LogP contribution >= 0.6 is 0 Å². The first-order valence-electron chi connectivity index (χ1n) is 9.70. The van der Waals surface area contributed by atoms with Gasteiger partial charge in [0.25, 0.3) is 0 Å². The summed E-state index contributed by atoms with van der Waals surface area (Å²) in [4.78, 5) is 16.7. The lowest BCUT2D eigenvalue weighted by Crippen LogP contribution is -2.48. The van der Waals surface area contributed by atoms with Crippen LogP contribution in [-0.4, -0.2) is 55.0 Å². The summed E-state index contributed by atoms with van der Waals surface area (Å²) in [7, 11) is 0. The Morgan fingerprint density at radius 2 is 1.59 bits per heavy atom. The molecule has 0 unspecified atom stereocenters. The summed E-state index contributed by atoms with van der Waals surface area (Å²) in [6, 6.07) is 17.0. The molecule has 0 saturated carbocycles. The molecule has 1 N–H and O–H groups in total. The molecule has 1 amide bonds. The van der Waals surface area contributed by atoms with Gasteiger partial charge in [-0.25, -0.2) is 4.39 Å². The van der Waals surface area contributed by atoms with Gasteiger partial charge in [0, 0.05) is 45.7 Å². The zero-order valence-electron chi connectivity index (χ0n) is 15.7. The van der Waals surface area contributed by atoms with Crippen LogP contribution < -0.4 is 5.32 Å². The lowest BCUT2D eigenvalue weighted by molar-refractivity contribution is -0.132. The van der Waals surface area contributed by atoms with Crippen LogP contribution in [0.4, 0.5) is 4.39 Å². The van der Waals surface area contributed by atoms with Crippen molar-refractivity contribution in [3.63, 3.8) is 0 Å². The number of halogens is 1. The highest BCUT2D eigenvalue weighted by Gasteiger charge is 2.20. The van der Waals surface area contributed by atoms with Crippen molar-refractivity contribution in [1.29, 1.82) is 0 Å². The van der Waals surface area contributed by atoms with Crippen LogP contribution in [0, 0.1) is 5.82 Å². The number of rotatable bonds is 8. The molecule has 1 aliphatic rings. The standard InChI is InChI=1S/C22H28FN3O/c23-21-8-6-19(7-9-21)10-12-24-13-11-22(27)26-16-14-25(15-17-26)18-20-4-2-1-3-5-20/h1-9,24H,10-18H2. The Morgan fingerprint density at radius 3 is 2.30 bits per heavy atom. The molecule has 0 radical (unpaired) electrons. The third-order valence-corrected chi connectivity index (χ3v) is 4.99. The molecule has 0 atom stereocenters. The van der Waals surface area contributed by atoms with Crippen LogP contribution in [0.3, 0.4) is 0 Å². The van der Waals surface area contributed by atoms with Crippen LogP contribution in [0.2, 0.25) is 0 Å². The zero-order chi connectivity index (χ0) is 18.9. The second-order valence-corrected chi connectivity index (χ2v) is 7.02. The van der Waals surface area contributed by atoms with Gasteiger partial charge in [0.1, 0.15) is 5.82 Å². The van der Waals surface area contributed by atoms with Crippen molar-refractivity contribution in [1.82, 2.24) is 15.1 Å². The van der Waals surface area contributed by atoms with Gasteiger partial charge in [-0.3, -0.25) is 9.69 Å². The van der Waals surface area contributed by atoms with Crippen LogP contribution in [0.1, 0.15) is 17.5 Å². The lowest BCUT2D eigenvalue weighted by Gasteiger charge is -2.34. The summed E-state index contributed by atoms with van der Waals surface area (Å²) < 4.78 is 12.9. The average molecular weight is 369 g/mol. The molecule has 1 heterocycles. The predicted molar refractivity (Wildman–Crippen MR) is 106 cm³/mol. The Balaban J connectivity index is 1.28. The van der Waals surface area contributed by atoms with Gasteiger partial charge in [0.15, 0.2) is 0 Å². The Bertz CT molecular complexity index is 697. The number of carbonyl (C=O) groups excluding carboxylic acids is 1. The minimum Gasteiger partial charge on any atom is -0.340 e. The van der Waals surface area contributed by atoms with E-state index < -0.39 is 0 Å². The second-order valence-electron chi connectivity index (χ2n) is 7.02. The lowest BCUT2D eigenvalue weighted by atomic mass is 10.1. The highest BCUT2D eigenvalue weighted by Crippen LogP contribution is 2.09. The Kier molecular flexibility index (Phi) is 7.36. The summed E-state index contributed by atoms with van der Waals surface area (Å²) >= 11 is 0. The van der Waals surface area contributed by atoms with Crippen molar-refractivity contribution in [3.8, 4) is 0 Å². The number of nitrogens with zero attached hydrogens (tertiary/aromatic N) is 2. The van der Waals surface area contributed by atoms with E-state index in [2.05, 4.69) is 34.5 Å². The molecular weight excluding hydrogens is 341 g/mol. The molecule has 3 rings (SSSR count). The molecule has 1 saturated heterocycles. The minimum atomic E-state index is -0.207. The normalized spacial score (nSPS) is 15.1. The van der Waals surface area contributed by atoms with Gasteiger partial charge in [0.05, 0.1) is 0 Å². The van der Waals surface area contributed by atoms with E-state index in [1.165, 1.54) is 17.7 Å². The van der Waals surface area contributed by atoms with E-state index in [1.54, 1.807) is 12.1 Å². The van der Waals surface area contributed by atoms with Crippen molar-refractivity contribution in [2.45, 2.75) is 19.4 Å². The number of nitrogens with one attached hydrogen (secondary N) is 1. The monoisotopic (exact) mass is 369 g/mol. The molecular formula is C22H28FN3O. The van der Waals surface area contributed by atoms with Crippen molar-refractivity contribution in [3.05, 3.63) is 71.5 Å². The Labute approximate surface area is 161 Å². The van der Waals surface area contributed by atoms with Gasteiger partial charge >= 0.3 is 0 Å². The molecule has 0 aromatic heterocycles. The van der Waals surface area contributed by atoms with Crippen molar-refractivity contribution < 1.29 is 9.18 Å². The molecule has 2 aromatic carbocycles. The van der Waals surface area contributed by atoms with E-state index in [0.29, 0.717) is 13.0 Å². The molecule has 0 aliphatic carbocycles. The van der Waals surface area contributed by atoms with Gasteiger partial charge in [0.2, 0.25) is 5.91 Å². The molecule has 1 aliphatic heterocycles. The summed E-state index contributed by atoms with van der Waals surface area (Å²) in [6.45, 7) is 5.90. The number of benzene rings is 2. The molecule has 1 fully saturated rings. The summed E-state index contributed by atoms with van der Waals surface area (Å²) in [5, 5.41) is 3.31. The van der Waals surface area contributed by atoms with E-state index in [4.69, 9.17) is 0 Å². The fraction of sp³-hybridized carbons (Fsp3) is 0.409. The van der Waals surface area contributed by atoms with Crippen molar-refractivity contribution in [2.75, 3.05) is 39.3 Å². The molecule has 5 heteroatoms. The third kappa shape index (κ3) is 6.45. The fourth-order valence-electron chi connectivity index (χ4n) is 3.36. The number of carbonyl (C=O) groups is 1. The van der Waals surface area contributed by atoms with E-state index >= 15 is 0 Å². The predicted octanol–water partition coefficient (Wildman–Crippen LogP) is 2.69. The van der Waals surface area contributed by atoms with Gasteiger partial charge < -0.3 is 10.2 Å². The quantitative estimate of drug-likeness (QED) is 0.727. The summed E-state index contributed by atoms with van der Waals surface area (Å²) in [6.07, 6.45) is 1.37. The molecule has 0 bridgehead atoms. The Morgan fingerprint density at radius 1 is 0.889 bits per heavy atom. The average Bonchev–Trinajstić information content (AvgIpc) is 2.70. The second kappa shape index (κ2) is 10.2. The first kappa shape index (κ1) is 19.5. The maximum Gasteiger partial charge on any atom is 0.223 e. The van der Waals surface area contributed by atoms with E-state index in [0.717, 1.165) is 51.3 Å². The maximum atomic E-state index is 12.9. The van der Waals surface area contributed by atoms with Gasteiger partial charge in [-0.1, -0.05) is 42.5 Å². The summed E-state index contributed by atoms with van der Waals surface area (Å²) in [5.74, 6) is 0.0183. The first-order valence-corrected chi connectivity index (χ1v) is 9.70. The number of hydrogen-bond acceptors (Lipinski definition) is 3. The largest absolute Gasteiger partial charge is 0.340 e. The van der Waals surface area contributed by atoms with Crippen molar-refractivity contribution in [2.24, 2.45) is 0 Å². The van der Waals surface area contributed by atoms with Gasteiger partial charge in [-0.2, -0.15) is 0 Å². The van der Waals surface area contributed by atoms with Crippen LogP contribution in [0.15, 0.2) is 54.6 Å². The highest BCUT2D eigenvalue weighted by molar-refractivity contribution is 5.76. The SMILES string of the molecule is O=C(CCNCCc1ccc(F)cc1)N1CCN(Cc2ccccc2)CC1. The van der Waals surface area contributed by atoms with E-state index in [9.17, 15) is 9.18 Å². The number of amides is 1. The topological polar surface area (TPSA) is 35.6 Å². The maximum absolute atomic E-state index is 12.9. The van der Waals surface area contributed by atoms with Crippen LogP contribution in [0.25, 0.3) is 0 Å². The highest BCUT2D eigenvalue weighted by atomic mass is 19.1. The van der Waals surface area contributed by atoms with E-state index in [1.807, 2.05) is 11.0 Å². The smallest absolute Gasteiger partial charge is 0.223 e. The molecule has 144 valence electrons. The molecule has 2 aromatic rings. The van der Waals surface area contributed by atoms with Gasteiger partial charge in [-0.15, -0.1) is 0 Å². The van der Waals surface area contributed by atoms with E-state index in [-0.39, 0.29) is 11.7 Å². The van der Waals surface area contributed by atoms with Gasteiger partial charge in [-0.05, 0) is 36.2 Å². The zero-order valence-corrected chi connectivity index (χ0v) is 15.7. The summed E-state index contributed by atoms with van der Waals surface area (Å²) in [5.41, 5.74) is 2.42. The third-order valence-electron chi connectivity index (χ3n) is 4.99. The Hall–Kier alpha value is -2.24. The fourth-order valence-corrected chi connectivity index (χ4v) is 3.36. The minimum absolute atomic E-state index is 0.207. The molecule has 4 nitrogen and oxygen atoms in total. The van der Waals surface area contributed by atoms with Crippen molar-refractivity contribution >= 4 is 5.91 Å². The molecule has 27 heavy (non-hydrogen) atoms. The number of piperazine rings is 1. The first-order chi connectivity index (χ1) is 13.2.